The second-order valence-electron chi connectivity index (χ2n) is 12.9. The number of carbonyl (C=O) groups is 2. The van der Waals surface area contributed by atoms with Gasteiger partial charge in [-0.3, -0.25) is 9.78 Å². The average molecular weight is 733 g/mol. The Morgan fingerprint density at radius 3 is 2.39 bits per heavy atom. The number of amides is 2. The van der Waals surface area contributed by atoms with E-state index in [-0.39, 0.29) is 29.2 Å². The van der Waals surface area contributed by atoms with Gasteiger partial charge in [0.1, 0.15) is 17.5 Å². The monoisotopic (exact) mass is 732 g/mol. The van der Waals surface area contributed by atoms with Gasteiger partial charge < -0.3 is 29.1 Å². The maximum atomic E-state index is 15.9. The van der Waals surface area contributed by atoms with Crippen molar-refractivity contribution in [2.24, 2.45) is 0 Å². The maximum absolute atomic E-state index is 15.9. The van der Waals surface area contributed by atoms with Crippen LogP contribution in [0.1, 0.15) is 32.2 Å². The number of nitrogens with zero attached hydrogens (tertiary/aromatic N) is 5. The molecule has 1 atom stereocenters. The SMILES string of the molecule is CC(C)(C)OC(=O)N[C@H]1CS(=O)(=O)c2cc(F)c(-c3cncc(N4CCOCC4)c3)cc2N(Cc2ccc(-c3noc(C(F)(F)F)n3)cc2)C1=O. The Morgan fingerprint density at radius 1 is 1.04 bits per heavy atom. The number of anilines is 2. The quantitative estimate of drug-likeness (QED) is 0.266. The van der Waals surface area contributed by atoms with Gasteiger partial charge >= 0.3 is 18.2 Å². The van der Waals surface area contributed by atoms with E-state index >= 15 is 4.39 Å². The molecular weight excluding hydrogens is 700 g/mol. The van der Waals surface area contributed by atoms with E-state index in [9.17, 15) is 31.2 Å². The summed E-state index contributed by atoms with van der Waals surface area (Å²) in [5.41, 5.74) is 0.424. The largest absolute Gasteiger partial charge is 0.471 e. The Kier molecular flexibility index (Phi) is 9.49. The lowest BCUT2D eigenvalue weighted by Crippen LogP contribution is -2.51. The molecule has 0 spiro atoms. The Hall–Kier alpha value is -5.10. The van der Waals surface area contributed by atoms with E-state index in [1.165, 1.54) is 36.5 Å². The number of hydrogen-bond acceptors (Lipinski definition) is 11. The molecule has 0 saturated carbocycles. The lowest BCUT2D eigenvalue weighted by Gasteiger charge is -2.29. The van der Waals surface area contributed by atoms with Crippen LogP contribution in [0.5, 0.6) is 0 Å². The third kappa shape index (κ3) is 7.96. The van der Waals surface area contributed by atoms with E-state index in [4.69, 9.17) is 9.47 Å². The van der Waals surface area contributed by atoms with Crippen molar-refractivity contribution in [3.63, 3.8) is 0 Å². The van der Waals surface area contributed by atoms with Gasteiger partial charge in [-0.05, 0) is 44.5 Å². The number of rotatable bonds is 6. The average Bonchev–Trinajstić information content (AvgIpc) is 3.56. The van der Waals surface area contributed by atoms with Crippen LogP contribution in [0.15, 0.2) is 64.3 Å². The number of carbonyl (C=O) groups excluding carboxylic acids is 2. The smallest absolute Gasteiger partial charge is 0.444 e. The minimum Gasteiger partial charge on any atom is -0.444 e. The van der Waals surface area contributed by atoms with Gasteiger partial charge in [0.05, 0.1) is 48.0 Å². The molecule has 1 fully saturated rings. The van der Waals surface area contributed by atoms with Gasteiger partial charge in [-0.1, -0.05) is 29.4 Å². The number of hydrogen-bond donors (Lipinski definition) is 1. The number of alkyl halides is 3. The fourth-order valence-corrected chi connectivity index (χ4v) is 7.21. The number of halogens is 4. The van der Waals surface area contributed by atoms with Crippen molar-refractivity contribution in [2.45, 2.75) is 50.0 Å². The summed E-state index contributed by atoms with van der Waals surface area (Å²) < 4.78 is 97.5. The van der Waals surface area contributed by atoms with Crippen molar-refractivity contribution < 1.29 is 49.6 Å². The van der Waals surface area contributed by atoms with Crippen LogP contribution in [-0.2, 0) is 36.8 Å². The standard InChI is InChI=1S/C33H32F4N6O7S/c1-32(2,3)49-31(45)39-25-18-51(46,47)27-14-24(34)23(21-12-22(16-38-15-21)42-8-10-48-11-9-42)13-26(27)43(29(25)44)17-19-4-6-20(7-5-19)28-40-30(50-41-28)33(35,36)37/h4-7,12-16,25H,8-11,17-18H2,1-3H3,(H,39,45)/t25-/m0/s1. The summed E-state index contributed by atoms with van der Waals surface area (Å²) in [4.78, 5) is 37.3. The molecule has 270 valence electrons. The Labute approximate surface area is 289 Å². The van der Waals surface area contributed by atoms with Crippen molar-refractivity contribution in [2.75, 3.05) is 41.9 Å². The third-order valence-corrected chi connectivity index (χ3v) is 9.72. The highest BCUT2D eigenvalue weighted by Gasteiger charge is 2.41. The summed E-state index contributed by atoms with van der Waals surface area (Å²) in [6, 6.07) is 7.91. The highest BCUT2D eigenvalue weighted by molar-refractivity contribution is 7.91. The molecule has 51 heavy (non-hydrogen) atoms. The van der Waals surface area contributed by atoms with E-state index < -0.39 is 62.0 Å². The van der Waals surface area contributed by atoms with Gasteiger partial charge in [0.2, 0.25) is 5.82 Å². The molecule has 0 radical (unpaired) electrons. The van der Waals surface area contributed by atoms with Crippen molar-refractivity contribution in [3.8, 4) is 22.5 Å². The van der Waals surface area contributed by atoms with Crippen LogP contribution in [0, 0.1) is 5.82 Å². The van der Waals surface area contributed by atoms with Gasteiger partial charge in [0.25, 0.3) is 5.91 Å². The predicted octanol–water partition coefficient (Wildman–Crippen LogP) is 5.01. The fraction of sp³-hybridized carbons (Fsp3) is 0.364. The summed E-state index contributed by atoms with van der Waals surface area (Å²) in [6.45, 7) is 6.65. The molecule has 2 aromatic heterocycles. The molecule has 2 amide bonds. The molecule has 0 bridgehead atoms. The number of aromatic nitrogens is 3. The lowest BCUT2D eigenvalue weighted by atomic mass is 10.0. The zero-order valence-corrected chi connectivity index (χ0v) is 28.3. The minimum absolute atomic E-state index is 0.0316. The number of alkyl carbamates (subject to hydrolysis) is 1. The first-order valence-corrected chi connectivity index (χ1v) is 17.3. The molecule has 13 nitrogen and oxygen atoms in total. The molecule has 2 aromatic carbocycles. The topological polar surface area (TPSA) is 157 Å². The molecule has 0 aliphatic carbocycles. The molecule has 2 aliphatic rings. The first kappa shape index (κ1) is 35.7. The molecule has 1 saturated heterocycles. The molecule has 6 rings (SSSR count). The highest BCUT2D eigenvalue weighted by Crippen LogP contribution is 2.38. The number of fused-ring (bicyclic) bond motifs is 1. The van der Waals surface area contributed by atoms with Crippen molar-refractivity contribution >= 4 is 33.2 Å². The van der Waals surface area contributed by atoms with Crippen molar-refractivity contribution in [3.05, 3.63) is 72.1 Å². The third-order valence-electron chi connectivity index (χ3n) is 7.95. The number of ether oxygens (including phenoxy) is 2. The normalized spacial score (nSPS) is 17.9. The number of pyridine rings is 1. The van der Waals surface area contributed by atoms with Crippen LogP contribution in [0.3, 0.4) is 0 Å². The number of sulfone groups is 1. The zero-order chi connectivity index (χ0) is 36.7. The van der Waals surface area contributed by atoms with Crippen molar-refractivity contribution in [1.29, 1.82) is 0 Å². The highest BCUT2D eigenvalue weighted by atomic mass is 32.2. The Bertz CT molecular complexity index is 2060. The van der Waals surface area contributed by atoms with Crippen LogP contribution in [0.25, 0.3) is 22.5 Å². The molecule has 4 aromatic rings. The van der Waals surface area contributed by atoms with E-state index in [2.05, 4.69) is 25.0 Å². The van der Waals surface area contributed by atoms with Gasteiger partial charge in [-0.15, -0.1) is 0 Å². The second kappa shape index (κ2) is 13.6. The Balaban J connectivity index is 1.40. The first-order valence-electron chi connectivity index (χ1n) is 15.6. The molecule has 4 heterocycles. The number of benzene rings is 2. The van der Waals surface area contributed by atoms with Crippen LogP contribution < -0.4 is 15.1 Å². The molecule has 0 unspecified atom stereocenters. The fourth-order valence-electron chi connectivity index (χ4n) is 5.60. The van der Waals surface area contributed by atoms with Gasteiger partial charge in [-0.2, -0.15) is 18.2 Å². The van der Waals surface area contributed by atoms with Gasteiger partial charge in [0, 0.05) is 36.0 Å². The van der Waals surface area contributed by atoms with Crippen LogP contribution in [0.4, 0.5) is 33.7 Å². The van der Waals surface area contributed by atoms with Gasteiger partial charge in [-0.25, -0.2) is 17.6 Å². The lowest BCUT2D eigenvalue weighted by molar-refractivity contribution is -0.159. The maximum Gasteiger partial charge on any atom is 0.471 e. The second-order valence-corrected chi connectivity index (χ2v) is 14.9. The molecule has 18 heteroatoms. The zero-order valence-electron chi connectivity index (χ0n) is 27.5. The number of nitrogens with one attached hydrogen (secondary N) is 1. The van der Waals surface area contributed by atoms with Gasteiger partial charge in [0.15, 0.2) is 9.84 Å². The summed E-state index contributed by atoms with van der Waals surface area (Å²) >= 11 is 0. The summed E-state index contributed by atoms with van der Waals surface area (Å²) in [5.74, 6) is -4.46. The van der Waals surface area contributed by atoms with Crippen molar-refractivity contribution in [1.82, 2.24) is 20.4 Å². The summed E-state index contributed by atoms with van der Waals surface area (Å²) in [7, 11) is -4.40. The number of morpholine rings is 1. The van der Waals surface area contributed by atoms with E-state index in [0.717, 1.165) is 11.0 Å². The summed E-state index contributed by atoms with van der Waals surface area (Å²) in [5, 5.41) is 5.73. The molecule has 1 N–H and O–H groups in total. The van der Waals surface area contributed by atoms with Crippen LogP contribution in [0.2, 0.25) is 0 Å². The summed E-state index contributed by atoms with van der Waals surface area (Å²) in [6.07, 6.45) is -2.85. The predicted molar refractivity (Wildman–Crippen MR) is 174 cm³/mol. The first-order chi connectivity index (χ1) is 24.0. The van der Waals surface area contributed by atoms with Crippen LogP contribution >= 0.6 is 0 Å². The van der Waals surface area contributed by atoms with E-state index in [1.54, 1.807) is 33.0 Å². The minimum atomic E-state index is -4.84. The van der Waals surface area contributed by atoms with Crippen LogP contribution in [-0.4, -0.2) is 79.2 Å². The molecular formula is C33H32F4N6O7S. The Morgan fingerprint density at radius 2 is 1.75 bits per heavy atom. The molecule has 2 aliphatic heterocycles. The van der Waals surface area contributed by atoms with E-state index in [1.807, 2.05) is 4.90 Å². The van der Waals surface area contributed by atoms with E-state index in [0.29, 0.717) is 43.1 Å².